The summed E-state index contributed by atoms with van der Waals surface area (Å²) in [6.07, 6.45) is 1.30. The van der Waals surface area contributed by atoms with E-state index in [1.807, 2.05) is 27.7 Å². The molecule has 0 aromatic carbocycles. The van der Waals surface area contributed by atoms with E-state index in [0.717, 1.165) is 0 Å². The van der Waals surface area contributed by atoms with Gasteiger partial charge in [-0.3, -0.25) is 0 Å². The number of rotatable bonds is 1. The van der Waals surface area contributed by atoms with E-state index in [-0.39, 0.29) is 11.3 Å². The lowest BCUT2D eigenvalue weighted by molar-refractivity contribution is 0.326. The van der Waals surface area contributed by atoms with E-state index in [1.54, 1.807) is 0 Å². The maximum absolute atomic E-state index is 13.3. The first-order valence-corrected chi connectivity index (χ1v) is 4.64. The van der Waals surface area contributed by atoms with Crippen LogP contribution in [0, 0.1) is 17.2 Å². The molecule has 78 valence electrons. The highest BCUT2D eigenvalue weighted by Crippen LogP contribution is 2.35. The minimum atomic E-state index is -1.02. The van der Waals surface area contributed by atoms with Crippen molar-refractivity contribution >= 4 is 0 Å². The molecule has 1 unspecified atom stereocenters. The third-order valence-corrected chi connectivity index (χ3v) is 2.64. The molecule has 14 heavy (non-hydrogen) atoms. The van der Waals surface area contributed by atoms with Crippen LogP contribution in [-0.4, -0.2) is 4.98 Å². The summed E-state index contributed by atoms with van der Waals surface area (Å²) in [5.41, 5.74) is 0.305. The molecule has 1 atom stereocenters. The minimum Gasteiger partial charge on any atom is -0.226 e. The van der Waals surface area contributed by atoms with E-state index < -0.39 is 11.8 Å². The number of nitrogens with zero attached hydrogens (tertiary/aromatic N) is 1. The van der Waals surface area contributed by atoms with Crippen molar-refractivity contribution in [2.45, 2.75) is 33.6 Å². The molecule has 0 saturated carbocycles. The van der Waals surface area contributed by atoms with Crippen molar-refractivity contribution in [1.29, 1.82) is 0 Å². The van der Waals surface area contributed by atoms with E-state index in [0.29, 0.717) is 5.56 Å². The van der Waals surface area contributed by atoms with E-state index in [1.165, 1.54) is 12.3 Å². The second-order valence-corrected chi connectivity index (χ2v) is 4.59. The summed E-state index contributed by atoms with van der Waals surface area (Å²) in [7, 11) is 0. The molecular formula is C11H15F2N. The normalized spacial score (nSPS) is 14.1. The monoisotopic (exact) mass is 199 g/mol. The summed E-state index contributed by atoms with van der Waals surface area (Å²) >= 11 is 0. The van der Waals surface area contributed by atoms with Gasteiger partial charge < -0.3 is 0 Å². The molecule has 0 spiro atoms. The molecule has 3 heteroatoms. The summed E-state index contributed by atoms with van der Waals surface area (Å²) in [6.45, 7) is 7.87. The predicted molar refractivity (Wildman–Crippen MR) is 52.0 cm³/mol. The molecule has 0 amide bonds. The van der Waals surface area contributed by atoms with E-state index in [9.17, 15) is 8.78 Å². The fraction of sp³-hybridized carbons (Fsp3) is 0.545. The molecule has 0 bridgehead atoms. The molecule has 0 N–H and O–H groups in total. The standard InChI is InChI=1S/C11H15F2N/c1-7(11(2,3)4)8-5-6-14-10(13)9(8)12/h5-7H,1-4H3. The lowest BCUT2D eigenvalue weighted by atomic mass is 9.78. The molecule has 1 heterocycles. The van der Waals surface area contributed by atoms with Crippen molar-refractivity contribution in [2.24, 2.45) is 5.41 Å². The Morgan fingerprint density at radius 1 is 1.29 bits per heavy atom. The Hall–Kier alpha value is -0.990. The van der Waals surface area contributed by atoms with Crippen molar-refractivity contribution in [3.63, 3.8) is 0 Å². The lowest BCUT2D eigenvalue weighted by Gasteiger charge is -2.27. The zero-order valence-electron chi connectivity index (χ0n) is 8.94. The second kappa shape index (κ2) is 3.64. The highest BCUT2D eigenvalue weighted by molar-refractivity contribution is 5.20. The third kappa shape index (κ3) is 2.08. The van der Waals surface area contributed by atoms with Gasteiger partial charge in [-0.05, 0) is 23.0 Å². The first-order chi connectivity index (χ1) is 6.34. The van der Waals surface area contributed by atoms with Gasteiger partial charge in [-0.1, -0.05) is 27.7 Å². The van der Waals surface area contributed by atoms with E-state index in [2.05, 4.69) is 4.98 Å². The van der Waals surface area contributed by atoms with Crippen LogP contribution in [0.4, 0.5) is 8.78 Å². The highest BCUT2D eigenvalue weighted by atomic mass is 19.2. The minimum absolute atomic E-state index is 0.0417. The van der Waals surface area contributed by atoms with Gasteiger partial charge in [0.25, 0.3) is 0 Å². The maximum Gasteiger partial charge on any atom is 0.249 e. The van der Waals surface area contributed by atoms with Crippen molar-refractivity contribution in [2.75, 3.05) is 0 Å². The fourth-order valence-electron chi connectivity index (χ4n) is 1.23. The number of hydrogen-bond donors (Lipinski definition) is 0. The van der Waals surface area contributed by atoms with Crippen LogP contribution in [0.15, 0.2) is 12.3 Å². The first-order valence-electron chi connectivity index (χ1n) is 4.64. The van der Waals surface area contributed by atoms with E-state index >= 15 is 0 Å². The molecule has 0 saturated heterocycles. The Balaban J connectivity index is 3.14. The Kier molecular flexibility index (Phi) is 2.88. The molecule has 0 radical (unpaired) electrons. The van der Waals surface area contributed by atoms with Crippen LogP contribution in [0.25, 0.3) is 0 Å². The molecular weight excluding hydrogens is 184 g/mol. The summed E-state index contributed by atoms with van der Waals surface area (Å²) in [5.74, 6) is -1.88. The van der Waals surface area contributed by atoms with Gasteiger partial charge in [0.2, 0.25) is 5.95 Å². The summed E-state index contributed by atoms with van der Waals surface area (Å²) < 4.78 is 26.2. The number of halogens is 2. The van der Waals surface area contributed by atoms with Crippen LogP contribution < -0.4 is 0 Å². The van der Waals surface area contributed by atoms with Gasteiger partial charge in [0, 0.05) is 6.20 Å². The smallest absolute Gasteiger partial charge is 0.226 e. The SMILES string of the molecule is CC(c1ccnc(F)c1F)C(C)(C)C. The summed E-state index contributed by atoms with van der Waals surface area (Å²) in [5, 5.41) is 0. The number of aromatic nitrogens is 1. The first kappa shape index (κ1) is 11.1. The highest BCUT2D eigenvalue weighted by Gasteiger charge is 2.25. The van der Waals surface area contributed by atoms with Crippen LogP contribution >= 0.6 is 0 Å². The van der Waals surface area contributed by atoms with Crippen LogP contribution in [-0.2, 0) is 0 Å². The number of pyridine rings is 1. The van der Waals surface area contributed by atoms with Gasteiger partial charge in [0.1, 0.15) is 0 Å². The number of hydrogen-bond acceptors (Lipinski definition) is 1. The Labute approximate surface area is 83.2 Å². The molecule has 0 aliphatic rings. The van der Waals surface area contributed by atoms with E-state index in [4.69, 9.17) is 0 Å². The topological polar surface area (TPSA) is 12.9 Å². The Bertz CT molecular complexity index is 329. The van der Waals surface area contributed by atoms with Gasteiger partial charge in [0.05, 0.1) is 0 Å². The van der Waals surface area contributed by atoms with Gasteiger partial charge >= 0.3 is 0 Å². The fourth-order valence-corrected chi connectivity index (χ4v) is 1.23. The molecule has 0 aliphatic heterocycles. The lowest BCUT2D eigenvalue weighted by Crippen LogP contribution is -2.17. The average Bonchev–Trinajstić information content (AvgIpc) is 2.07. The third-order valence-electron chi connectivity index (χ3n) is 2.64. The van der Waals surface area contributed by atoms with Gasteiger partial charge in [-0.15, -0.1) is 0 Å². The Morgan fingerprint density at radius 3 is 2.36 bits per heavy atom. The van der Waals surface area contributed by atoms with Crippen molar-refractivity contribution in [3.8, 4) is 0 Å². The van der Waals surface area contributed by atoms with Crippen molar-refractivity contribution < 1.29 is 8.78 Å². The molecule has 0 fully saturated rings. The average molecular weight is 199 g/mol. The molecule has 0 aliphatic carbocycles. The second-order valence-electron chi connectivity index (χ2n) is 4.59. The van der Waals surface area contributed by atoms with Crippen LogP contribution in [0.2, 0.25) is 0 Å². The maximum atomic E-state index is 13.3. The van der Waals surface area contributed by atoms with Crippen molar-refractivity contribution in [1.82, 2.24) is 4.98 Å². The molecule has 1 aromatic heterocycles. The Morgan fingerprint density at radius 2 is 1.86 bits per heavy atom. The van der Waals surface area contributed by atoms with Crippen LogP contribution in [0.3, 0.4) is 0 Å². The van der Waals surface area contributed by atoms with Gasteiger partial charge in [-0.25, -0.2) is 9.37 Å². The van der Waals surface area contributed by atoms with Crippen molar-refractivity contribution in [3.05, 3.63) is 29.6 Å². The van der Waals surface area contributed by atoms with Gasteiger partial charge in [0.15, 0.2) is 5.82 Å². The zero-order chi connectivity index (χ0) is 10.9. The molecule has 1 nitrogen and oxygen atoms in total. The quantitative estimate of drug-likeness (QED) is 0.631. The summed E-state index contributed by atoms with van der Waals surface area (Å²) in [6, 6.07) is 1.54. The summed E-state index contributed by atoms with van der Waals surface area (Å²) in [4.78, 5) is 3.26. The van der Waals surface area contributed by atoms with Gasteiger partial charge in [-0.2, -0.15) is 4.39 Å². The predicted octanol–water partition coefficient (Wildman–Crippen LogP) is 3.51. The van der Waals surface area contributed by atoms with Crippen LogP contribution in [0.5, 0.6) is 0 Å². The largest absolute Gasteiger partial charge is 0.249 e. The zero-order valence-corrected chi connectivity index (χ0v) is 8.94. The van der Waals surface area contributed by atoms with Crippen LogP contribution in [0.1, 0.15) is 39.2 Å². The molecule has 1 aromatic rings. The molecule has 1 rings (SSSR count).